The molecule has 152 valence electrons. The summed E-state index contributed by atoms with van der Waals surface area (Å²) in [7, 11) is -4.21. The molecule has 3 aromatic rings. The number of aromatic nitrogens is 3. The van der Waals surface area contributed by atoms with Crippen LogP contribution in [0.1, 0.15) is 23.7 Å². The Bertz CT molecular complexity index is 1110. The van der Waals surface area contributed by atoms with E-state index in [1.54, 1.807) is 31.3 Å². The van der Waals surface area contributed by atoms with Crippen molar-refractivity contribution in [1.29, 1.82) is 0 Å². The molecule has 0 spiro atoms. The van der Waals surface area contributed by atoms with Crippen molar-refractivity contribution in [3.05, 3.63) is 81.8 Å². The molecule has 3 rings (SSSR count). The molecule has 0 saturated heterocycles. The standard InChI is InChI=1S/C19H21N5O4S/c1-3-22-14-18(19(21-22)24(25)26)29(27,28)23(13-17-9-4-5-10-20-17)12-16-8-6-7-15(2)11-16/h4-11,14H,3,12-13H2,1-2H3. The maximum Gasteiger partial charge on any atom is 0.410 e. The van der Waals surface area contributed by atoms with Crippen LogP contribution in [0.4, 0.5) is 5.82 Å². The number of nitro groups is 1. The molecule has 0 unspecified atom stereocenters. The van der Waals surface area contributed by atoms with Crippen molar-refractivity contribution in [3.8, 4) is 0 Å². The molecular weight excluding hydrogens is 394 g/mol. The predicted octanol–water partition coefficient (Wildman–Crippen LogP) is 2.91. The lowest BCUT2D eigenvalue weighted by molar-refractivity contribution is -0.392. The lowest BCUT2D eigenvalue weighted by atomic mass is 10.1. The molecule has 2 heterocycles. The number of sulfonamides is 1. The van der Waals surface area contributed by atoms with Crippen LogP contribution in [-0.2, 0) is 29.7 Å². The predicted molar refractivity (Wildman–Crippen MR) is 106 cm³/mol. The van der Waals surface area contributed by atoms with Crippen molar-refractivity contribution in [2.75, 3.05) is 0 Å². The van der Waals surface area contributed by atoms with Gasteiger partial charge in [0.15, 0.2) is 0 Å². The molecule has 2 aromatic heterocycles. The van der Waals surface area contributed by atoms with E-state index in [1.165, 1.54) is 15.2 Å². The fourth-order valence-electron chi connectivity index (χ4n) is 2.91. The summed E-state index contributed by atoms with van der Waals surface area (Å²) in [5.41, 5.74) is 2.30. The van der Waals surface area contributed by atoms with E-state index in [4.69, 9.17) is 0 Å². The Labute approximate surface area is 168 Å². The van der Waals surface area contributed by atoms with Gasteiger partial charge >= 0.3 is 5.82 Å². The fourth-order valence-corrected chi connectivity index (χ4v) is 4.42. The van der Waals surface area contributed by atoms with Crippen LogP contribution in [0.5, 0.6) is 0 Å². The van der Waals surface area contributed by atoms with Crippen LogP contribution >= 0.6 is 0 Å². The lowest BCUT2D eigenvalue weighted by Gasteiger charge is -2.21. The Morgan fingerprint density at radius 2 is 1.97 bits per heavy atom. The van der Waals surface area contributed by atoms with E-state index in [2.05, 4.69) is 10.1 Å². The molecule has 0 radical (unpaired) electrons. The monoisotopic (exact) mass is 415 g/mol. The van der Waals surface area contributed by atoms with Gasteiger partial charge in [0.05, 0.1) is 30.1 Å². The third kappa shape index (κ3) is 4.66. The number of nitrogens with zero attached hydrogens (tertiary/aromatic N) is 5. The Hall–Kier alpha value is -3.11. The summed E-state index contributed by atoms with van der Waals surface area (Å²) < 4.78 is 29.3. The van der Waals surface area contributed by atoms with Crippen molar-refractivity contribution < 1.29 is 13.3 Å². The molecule has 0 atom stereocenters. The van der Waals surface area contributed by atoms with Gasteiger partial charge in [0.25, 0.3) is 10.0 Å². The minimum absolute atomic E-state index is 0.0222. The molecule has 0 aliphatic heterocycles. The molecule has 0 aliphatic rings. The Kier molecular flexibility index (Phi) is 6.04. The summed E-state index contributed by atoms with van der Waals surface area (Å²) in [6.45, 7) is 3.98. The molecule has 9 nitrogen and oxygen atoms in total. The van der Waals surface area contributed by atoms with Gasteiger partial charge in [-0.1, -0.05) is 35.9 Å². The fraction of sp³-hybridized carbons (Fsp3) is 0.263. The summed E-state index contributed by atoms with van der Waals surface area (Å²) >= 11 is 0. The van der Waals surface area contributed by atoms with Gasteiger partial charge < -0.3 is 10.1 Å². The van der Waals surface area contributed by atoms with Gasteiger partial charge in [-0.3, -0.25) is 4.98 Å². The summed E-state index contributed by atoms with van der Waals surface area (Å²) in [6, 6.07) is 12.7. The first kappa shape index (κ1) is 20.6. The van der Waals surface area contributed by atoms with Crippen LogP contribution in [0.25, 0.3) is 0 Å². The average molecular weight is 415 g/mol. The topological polar surface area (TPSA) is 111 Å². The van der Waals surface area contributed by atoms with E-state index in [1.807, 2.05) is 31.2 Å². The van der Waals surface area contributed by atoms with Crippen LogP contribution in [0.15, 0.2) is 59.8 Å². The zero-order chi connectivity index (χ0) is 21.0. The first-order valence-electron chi connectivity index (χ1n) is 8.98. The molecular formula is C19H21N5O4S. The highest BCUT2D eigenvalue weighted by Crippen LogP contribution is 2.27. The highest BCUT2D eigenvalue weighted by atomic mass is 32.2. The summed E-state index contributed by atoms with van der Waals surface area (Å²) in [5.74, 6) is -0.679. The quantitative estimate of drug-likeness (QED) is 0.413. The van der Waals surface area contributed by atoms with Crippen molar-refractivity contribution in [2.45, 2.75) is 38.4 Å². The Morgan fingerprint density at radius 1 is 1.17 bits per heavy atom. The summed E-state index contributed by atoms with van der Waals surface area (Å²) in [4.78, 5) is 14.4. The first-order chi connectivity index (χ1) is 13.8. The van der Waals surface area contributed by atoms with Crippen LogP contribution in [0.2, 0.25) is 0 Å². The molecule has 0 amide bonds. The molecule has 0 fully saturated rings. The van der Waals surface area contributed by atoms with E-state index in [9.17, 15) is 18.5 Å². The number of benzene rings is 1. The van der Waals surface area contributed by atoms with Gasteiger partial charge in [-0.25, -0.2) is 8.42 Å². The minimum atomic E-state index is -4.21. The van der Waals surface area contributed by atoms with Gasteiger partial charge in [0.2, 0.25) is 4.90 Å². The van der Waals surface area contributed by atoms with E-state index in [-0.39, 0.29) is 13.1 Å². The molecule has 0 N–H and O–H groups in total. The number of aryl methyl sites for hydroxylation is 2. The smallest absolute Gasteiger partial charge is 0.358 e. The zero-order valence-electron chi connectivity index (χ0n) is 16.1. The summed E-state index contributed by atoms with van der Waals surface area (Å²) in [6.07, 6.45) is 2.78. The van der Waals surface area contributed by atoms with Crippen molar-refractivity contribution in [1.82, 2.24) is 19.1 Å². The highest BCUT2D eigenvalue weighted by molar-refractivity contribution is 7.89. The van der Waals surface area contributed by atoms with Gasteiger partial charge in [-0.15, -0.1) is 0 Å². The van der Waals surface area contributed by atoms with Gasteiger partial charge in [0.1, 0.15) is 0 Å². The van der Waals surface area contributed by atoms with Crippen molar-refractivity contribution in [3.63, 3.8) is 0 Å². The van der Waals surface area contributed by atoms with Gasteiger partial charge in [0, 0.05) is 12.7 Å². The molecule has 0 aliphatic carbocycles. The SMILES string of the molecule is CCn1cc(S(=O)(=O)N(Cc2cccc(C)c2)Cc2ccccn2)c([N+](=O)[O-])n1. The lowest BCUT2D eigenvalue weighted by Crippen LogP contribution is -2.31. The van der Waals surface area contributed by atoms with Crippen LogP contribution < -0.4 is 0 Å². The van der Waals surface area contributed by atoms with E-state index in [0.29, 0.717) is 12.2 Å². The van der Waals surface area contributed by atoms with E-state index in [0.717, 1.165) is 11.1 Å². The minimum Gasteiger partial charge on any atom is -0.358 e. The van der Waals surface area contributed by atoms with E-state index < -0.39 is 25.7 Å². The zero-order valence-corrected chi connectivity index (χ0v) is 16.9. The molecule has 0 saturated carbocycles. The first-order valence-corrected chi connectivity index (χ1v) is 10.4. The Balaban J connectivity index is 2.06. The molecule has 1 aromatic carbocycles. The van der Waals surface area contributed by atoms with Crippen molar-refractivity contribution in [2.24, 2.45) is 0 Å². The van der Waals surface area contributed by atoms with Crippen LogP contribution in [0.3, 0.4) is 0 Å². The number of hydrogen-bond donors (Lipinski definition) is 0. The Morgan fingerprint density at radius 3 is 2.59 bits per heavy atom. The third-order valence-electron chi connectivity index (χ3n) is 4.33. The maximum absolute atomic E-state index is 13.4. The van der Waals surface area contributed by atoms with Crippen LogP contribution in [-0.4, -0.2) is 32.4 Å². The second-order valence-corrected chi connectivity index (χ2v) is 8.42. The molecule has 0 bridgehead atoms. The normalized spacial score (nSPS) is 11.7. The second-order valence-electron chi connectivity index (χ2n) is 6.51. The number of pyridine rings is 1. The summed E-state index contributed by atoms with van der Waals surface area (Å²) in [5, 5.41) is 15.2. The average Bonchev–Trinajstić information content (AvgIpc) is 3.14. The number of rotatable bonds is 8. The van der Waals surface area contributed by atoms with E-state index >= 15 is 0 Å². The van der Waals surface area contributed by atoms with Gasteiger partial charge in [-0.05, 0) is 36.5 Å². The maximum atomic E-state index is 13.4. The molecule has 29 heavy (non-hydrogen) atoms. The number of hydrogen-bond acceptors (Lipinski definition) is 6. The van der Waals surface area contributed by atoms with Crippen molar-refractivity contribution >= 4 is 15.8 Å². The second kappa shape index (κ2) is 8.50. The van der Waals surface area contributed by atoms with Crippen LogP contribution in [0, 0.1) is 17.0 Å². The third-order valence-corrected chi connectivity index (χ3v) is 6.11. The highest BCUT2D eigenvalue weighted by Gasteiger charge is 2.36. The molecule has 10 heteroatoms. The van der Waals surface area contributed by atoms with Gasteiger partial charge in [-0.2, -0.15) is 8.99 Å². The largest absolute Gasteiger partial charge is 0.410 e.